The van der Waals surface area contributed by atoms with E-state index >= 15 is 0 Å². The summed E-state index contributed by atoms with van der Waals surface area (Å²) in [6.45, 7) is 2.98. The largest absolute Gasteiger partial charge is 0.386 e. The molecule has 0 saturated heterocycles. The van der Waals surface area contributed by atoms with Gasteiger partial charge in [0.05, 0.1) is 6.61 Å². The van der Waals surface area contributed by atoms with Crippen LogP contribution in [0.5, 0.6) is 0 Å². The van der Waals surface area contributed by atoms with Gasteiger partial charge in [0.1, 0.15) is 18.0 Å². The number of nitrogens with two attached hydrogens (primary N) is 1. The zero-order chi connectivity index (χ0) is 14.9. The smallest absolute Gasteiger partial charge is 0.121 e. The maximum atomic E-state index is 6.07. The van der Waals surface area contributed by atoms with Crippen LogP contribution < -0.4 is 5.73 Å². The SMILES string of the molecule is CC1(c2cccc(-c3cccc(Cl)c3)c2)COCC(N)=N1. The normalized spacial score (nSPS) is 21.9. The van der Waals surface area contributed by atoms with Gasteiger partial charge in [-0.1, -0.05) is 41.9 Å². The first-order valence-corrected chi connectivity index (χ1v) is 7.23. The van der Waals surface area contributed by atoms with Crippen molar-refractivity contribution in [2.24, 2.45) is 10.7 Å². The standard InChI is InChI=1S/C17H17ClN2O/c1-17(11-21-10-16(19)20-17)14-6-2-4-12(8-14)13-5-3-7-15(18)9-13/h2-9H,10-11H2,1H3,(H2,19,20). The Morgan fingerprint density at radius 1 is 1.14 bits per heavy atom. The Balaban J connectivity index is 2.03. The van der Waals surface area contributed by atoms with E-state index in [0.29, 0.717) is 19.0 Å². The zero-order valence-corrected chi connectivity index (χ0v) is 12.6. The summed E-state index contributed by atoms with van der Waals surface area (Å²) in [6, 6.07) is 16.1. The number of hydrogen-bond donors (Lipinski definition) is 1. The topological polar surface area (TPSA) is 47.6 Å². The molecule has 0 radical (unpaired) electrons. The number of nitrogens with zero attached hydrogens (tertiary/aromatic N) is 1. The van der Waals surface area contributed by atoms with Crippen molar-refractivity contribution >= 4 is 17.4 Å². The molecule has 0 saturated carbocycles. The van der Waals surface area contributed by atoms with Gasteiger partial charge in [0.2, 0.25) is 0 Å². The molecular formula is C17H17ClN2O. The highest BCUT2D eigenvalue weighted by Gasteiger charge is 2.30. The van der Waals surface area contributed by atoms with Crippen LogP contribution >= 0.6 is 11.6 Å². The third-order valence-electron chi connectivity index (χ3n) is 3.67. The number of benzene rings is 2. The van der Waals surface area contributed by atoms with Crippen LogP contribution in [0.2, 0.25) is 5.02 Å². The number of hydrogen-bond acceptors (Lipinski definition) is 3. The lowest BCUT2D eigenvalue weighted by molar-refractivity contribution is 0.106. The zero-order valence-electron chi connectivity index (χ0n) is 11.8. The van der Waals surface area contributed by atoms with Crippen LogP contribution in [0.3, 0.4) is 0 Å². The van der Waals surface area contributed by atoms with E-state index in [2.05, 4.69) is 23.2 Å². The molecule has 1 heterocycles. The van der Waals surface area contributed by atoms with Crippen molar-refractivity contribution in [3.8, 4) is 11.1 Å². The van der Waals surface area contributed by atoms with Gasteiger partial charge in [-0.2, -0.15) is 0 Å². The molecule has 0 aliphatic carbocycles. The van der Waals surface area contributed by atoms with Gasteiger partial charge in [-0.3, -0.25) is 4.99 Å². The maximum Gasteiger partial charge on any atom is 0.121 e. The minimum Gasteiger partial charge on any atom is -0.386 e. The van der Waals surface area contributed by atoms with E-state index in [9.17, 15) is 0 Å². The van der Waals surface area contributed by atoms with Crippen LogP contribution in [-0.2, 0) is 10.3 Å². The molecule has 0 aromatic heterocycles. The lowest BCUT2D eigenvalue weighted by Gasteiger charge is -2.30. The molecule has 0 bridgehead atoms. The first kappa shape index (κ1) is 14.1. The Morgan fingerprint density at radius 3 is 2.57 bits per heavy atom. The van der Waals surface area contributed by atoms with Crippen molar-refractivity contribution in [2.45, 2.75) is 12.5 Å². The van der Waals surface area contributed by atoms with E-state index in [1.54, 1.807) is 0 Å². The van der Waals surface area contributed by atoms with Gasteiger partial charge in [0.25, 0.3) is 0 Å². The van der Waals surface area contributed by atoms with E-state index in [0.717, 1.165) is 21.7 Å². The van der Waals surface area contributed by atoms with Crippen molar-refractivity contribution in [2.75, 3.05) is 13.2 Å². The summed E-state index contributed by atoms with van der Waals surface area (Å²) >= 11 is 6.07. The molecule has 1 atom stereocenters. The van der Waals surface area contributed by atoms with Crippen LogP contribution in [0, 0.1) is 0 Å². The molecule has 1 unspecified atom stereocenters. The molecule has 3 rings (SSSR count). The molecular weight excluding hydrogens is 284 g/mol. The Hall–Kier alpha value is -1.84. The molecule has 0 amide bonds. The van der Waals surface area contributed by atoms with Crippen molar-refractivity contribution in [1.82, 2.24) is 0 Å². The summed E-state index contributed by atoms with van der Waals surface area (Å²) < 4.78 is 5.54. The van der Waals surface area contributed by atoms with Crippen molar-refractivity contribution < 1.29 is 4.74 Å². The van der Waals surface area contributed by atoms with Crippen LogP contribution in [-0.4, -0.2) is 19.0 Å². The summed E-state index contributed by atoms with van der Waals surface area (Å²) in [5.74, 6) is 0.539. The molecule has 2 aromatic rings. The second-order valence-electron chi connectivity index (χ2n) is 5.46. The number of aliphatic imine (C=N–C) groups is 1. The fraction of sp³-hybridized carbons (Fsp3) is 0.235. The first-order valence-electron chi connectivity index (χ1n) is 6.85. The van der Waals surface area contributed by atoms with Gasteiger partial charge in [-0.25, -0.2) is 0 Å². The van der Waals surface area contributed by atoms with Crippen molar-refractivity contribution in [3.63, 3.8) is 0 Å². The molecule has 2 aromatic carbocycles. The molecule has 1 aliphatic rings. The number of amidine groups is 1. The predicted octanol–water partition coefficient (Wildman–Crippen LogP) is 3.61. The van der Waals surface area contributed by atoms with E-state index < -0.39 is 5.54 Å². The quantitative estimate of drug-likeness (QED) is 0.921. The molecule has 2 N–H and O–H groups in total. The summed E-state index contributed by atoms with van der Waals surface area (Å²) in [4.78, 5) is 4.58. The van der Waals surface area contributed by atoms with Gasteiger partial charge in [-0.15, -0.1) is 0 Å². The highest BCUT2D eigenvalue weighted by atomic mass is 35.5. The lowest BCUT2D eigenvalue weighted by atomic mass is 9.90. The van der Waals surface area contributed by atoms with Gasteiger partial charge in [0, 0.05) is 5.02 Å². The van der Waals surface area contributed by atoms with Crippen LogP contribution in [0.15, 0.2) is 53.5 Å². The second-order valence-corrected chi connectivity index (χ2v) is 5.90. The average Bonchev–Trinajstić information content (AvgIpc) is 2.47. The van der Waals surface area contributed by atoms with Gasteiger partial charge in [-0.05, 0) is 41.8 Å². The van der Waals surface area contributed by atoms with Crippen molar-refractivity contribution in [3.05, 3.63) is 59.1 Å². The van der Waals surface area contributed by atoms with E-state index in [1.807, 2.05) is 37.3 Å². The predicted molar refractivity (Wildman–Crippen MR) is 86.7 cm³/mol. The molecule has 4 heteroatoms. The minimum absolute atomic E-state index is 0.406. The number of ether oxygens (including phenoxy) is 1. The second kappa shape index (κ2) is 5.51. The van der Waals surface area contributed by atoms with Crippen LogP contribution in [0.25, 0.3) is 11.1 Å². The summed E-state index contributed by atoms with van der Waals surface area (Å²) in [6.07, 6.45) is 0. The van der Waals surface area contributed by atoms with Gasteiger partial charge in [0.15, 0.2) is 0 Å². The average molecular weight is 301 g/mol. The van der Waals surface area contributed by atoms with E-state index in [4.69, 9.17) is 22.1 Å². The number of rotatable bonds is 2. The number of halogens is 1. The molecule has 21 heavy (non-hydrogen) atoms. The monoisotopic (exact) mass is 300 g/mol. The fourth-order valence-corrected chi connectivity index (χ4v) is 2.78. The summed E-state index contributed by atoms with van der Waals surface area (Å²) in [7, 11) is 0. The molecule has 1 aliphatic heterocycles. The molecule has 0 spiro atoms. The van der Waals surface area contributed by atoms with Gasteiger partial charge < -0.3 is 10.5 Å². The fourth-order valence-electron chi connectivity index (χ4n) is 2.59. The Labute approximate surface area is 129 Å². The third-order valence-corrected chi connectivity index (χ3v) is 3.90. The lowest BCUT2D eigenvalue weighted by Crippen LogP contribution is -2.37. The molecule has 0 fully saturated rings. The summed E-state index contributed by atoms with van der Waals surface area (Å²) in [5, 5.41) is 0.729. The minimum atomic E-state index is -0.434. The Bertz CT molecular complexity index is 699. The third kappa shape index (κ3) is 2.94. The molecule has 108 valence electrons. The highest BCUT2D eigenvalue weighted by molar-refractivity contribution is 6.30. The summed E-state index contributed by atoms with van der Waals surface area (Å²) in [5.41, 5.74) is 8.67. The van der Waals surface area contributed by atoms with Crippen LogP contribution in [0.1, 0.15) is 12.5 Å². The van der Waals surface area contributed by atoms with Crippen molar-refractivity contribution in [1.29, 1.82) is 0 Å². The van der Waals surface area contributed by atoms with E-state index in [1.165, 1.54) is 0 Å². The van der Waals surface area contributed by atoms with Gasteiger partial charge >= 0.3 is 0 Å². The van der Waals surface area contributed by atoms with E-state index in [-0.39, 0.29) is 0 Å². The molecule has 3 nitrogen and oxygen atoms in total. The Morgan fingerprint density at radius 2 is 1.86 bits per heavy atom. The highest BCUT2D eigenvalue weighted by Crippen LogP contribution is 2.31. The maximum absolute atomic E-state index is 6.07. The van der Waals surface area contributed by atoms with Crippen LogP contribution in [0.4, 0.5) is 0 Å². The first-order chi connectivity index (χ1) is 10.1. The Kier molecular flexibility index (Phi) is 3.70.